The highest BCUT2D eigenvalue weighted by molar-refractivity contribution is 5.55. The van der Waals surface area contributed by atoms with Crippen LogP contribution in [0, 0.1) is 11.3 Å². The average molecular weight is 338 g/mol. The molecule has 1 atom stereocenters. The van der Waals surface area contributed by atoms with E-state index in [0.29, 0.717) is 11.6 Å². The summed E-state index contributed by atoms with van der Waals surface area (Å²) in [6.45, 7) is 1.83. The number of nitriles is 1. The Morgan fingerprint density at radius 1 is 1.20 bits per heavy atom. The van der Waals surface area contributed by atoms with E-state index >= 15 is 0 Å². The van der Waals surface area contributed by atoms with Crippen molar-refractivity contribution < 1.29 is 9.47 Å². The lowest BCUT2D eigenvalue weighted by Gasteiger charge is -2.34. The van der Waals surface area contributed by atoms with Crippen molar-refractivity contribution in [1.29, 1.82) is 5.26 Å². The lowest BCUT2D eigenvalue weighted by Crippen LogP contribution is -2.42. The molecule has 2 aromatic rings. The average Bonchev–Trinajstić information content (AvgIpc) is 2.68. The van der Waals surface area contributed by atoms with Crippen LogP contribution in [0.3, 0.4) is 0 Å². The van der Waals surface area contributed by atoms with Crippen LogP contribution in [0.2, 0.25) is 0 Å². The molecule has 2 heterocycles. The predicted molar refractivity (Wildman–Crippen MR) is 97.4 cm³/mol. The van der Waals surface area contributed by atoms with Gasteiger partial charge in [0, 0.05) is 49.2 Å². The normalized spacial score (nSPS) is 16.8. The number of benzene rings is 1. The van der Waals surface area contributed by atoms with Gasteiger partial charge >= 0.3 is 0 Å². The van der Waals surface area contributed by atoms with Gasteiger partial charge in [0.2, 0.25) is 0 Å². The van der Waals surface area contributed by atoms with Gasteiger partial charge in [-0.3, -0.25) is 0 Å². The minimum Gasteiger partial charge on any atom is -0.497 e. The molecule has 6 heteroatoms. The second-order valence-electron chi connectivity index (χ2n) is 6.05. The van der Waals surface area contributed by atoms with Crippen molar-refractivity contribution in [1.82, 2.24) is 4.98 Å². The molecule has 1 aromatic heterocycles. The van der Waals surface area contributed by atoms with Crippen LogP contribution in [0.5, 0.6) is 11.5 Å². The van der Waals surface area contributed by atoms with Crippen LogP contribution in [-0.2, 0) is 0 Å². The third-order valence-corrected chi connectivity index (χ3v) is 4.34. The Balaban J connectivity index is 1.70. The van der Waals surface area contributed by atoms with Crippen LogP contribution in [0.1, 0.15) is 18.4 Å². The Morgan fingerprint density at radius 3 is 2.56 bits per heavy atom. The Kier molecular flexibility index (Phi) is 5.24. The fourth-order valence-electron chi connectivity index (χ4n) is 3.07. The van der Waals surface area contributed by atoms with E-state index in [-0.39, 0.29) is 0 Å². The zero-order valence-electron chi connectivity index (χ0n) is 14.5. The van der Waals surface area contributed by atoms with Gasteiger partial charge in [0.15, 0.2) is 0 Å². The van der Waals surface area contributed by atoms with Gasteiger partial charge in [-0.25, -0.2) is 4.98 Å². The van der Waals surface area contributed by atoms with Crippen molar-refractivity contribution in [3.63, 3.8) is 0 Å². The monoisotopic (exact) mass is 338 g/mol. The van der Waals surface area contributed by atoms with Crippen molar-refractivity contribution in [3.05, 3.63) is 42.1 Å². The zero-order chi connectivity index (χ0) is 17.6. The van der Waals surface area contributed by atoms with Crippen LogP contribution >= 0.6 is 0 Å². The Bertz CT molecular complexity index is 733. The van der Waals surface area contributed by atoms with Crippen LogP contribution in [0.25, 0.3) is 0 Å². The second kappa shape index (κ2) is 7.75. The van der Waals surface area contributed by atoms with Gasteiger partial charge < -0.3 is 19.7 Å². The van der Waals surface area contributed by atoms with Gasteiger partial charge in [-0.1, -0.05) is 0 Å². The lowest BCUT2D eigenvalue weighted by molar-refractivity contribution is 0.394. The topological polar surface area (TPSA) is 70.4 Å². The van der Waals surface area contributed by atoms with Crippen molar-refractivity contribution in [2.75, 3.05) is 37.5 Å². The van der Waals surface area contributed by atoms with E-state index in [2.05, 4.69) is 21.3 Å². The predicted octanol–water partition coefficient (Wildman–Crippen LogP) is 3.05. The summed E-state index contributed by atoms with van der Waals surface area (Å²) in [6.07, 6.45) is 3.80. The van der Waals surface area contributed by atoms with E-state index in [0.717, 1.165) is 48.9 Å². The summed E-state index contributed by atoms with van der Waals surface area (Å²) in [5.41, 5.74) is 1.56. The van der Waals surface area contributed by atoms with Crippen LogP contribution in [0.4, 0.5) is 11.5 Å². The van der Waals surface area contributed by atoms with E-state index < -0.39 is 0 Å². The fourth-order valence-corrected chi connectivity index (χ4v) is 3.07. The van der Waals surface area contributed by atoms with Crippen molar-refractivity contribution in [2.45, 2.75) is 18.9 Å². The minimum atomic E-state index is 0.308. The number of methoxy groups -OCH3 is 2. The molecule has 1 aliphatic rings. The molecule has 6 nitrogen and oxygen atoms in total. The van der Waals surface area contributed by atoms with Gasteiger partial charge in [-0.15, -0.1) is 0 Å². The number of ether oxygens (including phenoxy) is 2. The molecule has 1 saturated heterocycles. The number of pyridine rings is 1. The molecule has 1 N–H and O–H groups in total. The van der Waals surface area contributed by atoms with Gasteiger partial charge in [0.25, 0.3) is 0 Å². The number of anilines is 2. The summed E-state index contributed by atoms with van der Waals surface area (Å²) in [7, 11) is 3.30. The molecular weight excluding hydrogens is 316 g/mol. The van der Waals surface area contributed by atoms with Crippen molar-refractivity contribution in [3.8, 4) is 17.6 Å². The molecule has 25 heavy (non-hydrogen) atoms. The van der Waals surface area contributed by atoms with E-state index in [1.54, 1.807) is 20.4 Å². The highest BCUT2D eigenvalue weighted by Crippen LogP contribution is 2.28. The Hall–Kier alpha value is -2.94. The summed E-state index contributed by atoms with van der Waals surface area (Å²) in [5, 5.41) is 12.5. The number of aromatic nitrogens is 1. The third kappa shape index (κ3) is 4.13. The molecule has 130 valence electrons. The van der Waals surface area contributed by atoms with Gasteiger partial charge in [-0.2, -0.15) is 5.26 Å². The number of nitrogens with one attached hydrogen (secondary N) is 1. The first kappa shape index (κ1) is 16.9. The highest BCUT2D eigenvalue weighted by atomic mass is 16.5. The maximum Gasteiger partial charge on any atom is 0.128 e. The molecule has 1 fully saturated rings. The van der Waals surface area contributed by atoms with Crippen LogP contribution in [0.15, 0.2) is 36.5 Å². The van der Waals surface area contributed by atoms with Crippen molar-refractivity contribution in [2.24, 2.45) is 0 Å². The molecule has 1 aliphatic heterocycles. The molecule has 0 amide bonds. The smallest absolute Gasteiger partial charge is 0.128 e. The summed E-state index contributed by atoms with van der Waals surface area (Å²) >= 11 is 0. The number of nitrogens with zero attached hydrogens (tertiary/aromatic N) is 3. The summed E-state index contributed by atoms with van der Waals surface area (Å²) < 4.78 is 10.7. The standard InChI is InChI=1S/C19H22N4O2/c1-24-17-8-16(9-18(10-17)25-2)22-15-4-3-7-23(13-15)19-6-5-14(11-20)12-21-19/h5-6,8-10,12,15,22H,3-4,7,13H2,1-2H3. The quantitative estimate of drug-likeness (QED) is 0.903. The molecule has 1 aromatic carbocycles. The number of piperidine rings is 1. The number of hydrogen-bond donors (Lipinski definition) is 1. The first-order chi connectivity index (χ1) is 12.2. The van der Waals surface area contributed by atoms with E-state index in [4.69, 9.17) is 14.7 Å². The summed E-state index contributed by atoms with van der Waals surface area (Å²) in [4.78, 5) is 6.65. The minimum absolute atomic E-state index is 0.308. The Labute approximate surface area is 148 Å². The molecular formula is C19H22N4O2. The molecule has 3 rings (SSSR count). The maximum atomic E-state index is 8.90. The van der Waals surface area contributed by atoms with Gasteiger partial charge in [0.1, 0.15) is 23.4 Å². The van der Waals surface area contributed by atoms with E-state index in [9.17, 15) is 0 Å². The molecule has 0 radical (unpaired) electrons. The zero-order valence-corrected chi connectivity index (χ0v) is 14.5. The highest BCUT2D eigenvalue weighted by Gasteiger charge is 2.21. The fraction of sp³-hybridized carbons (Fsp3) is 0.368. The Morgan fingerprint density at radius 2 is 1.96 bits per heavy atom. The van der Waals surface area contributed by atoms with Gasteiger partial charge in [-0.05, 0) is 25.0 Å². The summed E-state index contributed by atoms with van der Waals surface area (Å²) in [6, 6.07) is 11.9. The third-order valence-electron chi connectivity index (χ3n) is 4.34. The number of rotatable bonds is 5. The molecule has 0 aliphatic carbocycles. The molecule has 0 spiro atoms. The van der Waals surface area contributed by atoms with Crippen LogP contribution < -0.4 is 19.7 Å². The largest absolute Gasteiger partial charge is 0.497 e. The molecule has 0 saturated carbocycles. The number of hydrogen-bond acceptors (Lipinski definition) is 6. The lowest BCUT2D eigenvalue weighted by atomic mass is 10.0. The SMILES string of the molecule is COc1cc(NC2CCCN(c3ccc(C#N)cn3)C2)cc(OC)c1. The molecule has 1 unspecified atom stereocenters. The van der Waals surface area contributed by atoms with Gasteiger partial charge in [0.05, 0.1) is 19.8 Å². The van der Waals surface area contributed by atoms with E-state index in [1.807, 2.05) is 30.3 Å². The summed E-state index contributed by atoms with van der Waals surface area (Å²) in [5.74, 6) is 2.44. The maximum absolute atomic E-state index is 8.90. The van der Waals surface area contributed by atoms with Crippen molar-refractivity contribution >= 4 is 11.5 Å². The first-order valence-electron chi connectivity index (χ1n) is 8.32. The molecule has 0 bridgehead atoms. The van der Waals surface area contributed by atoms with E-state index in [1.165, 1.54) is 0 Å². The van der Waals surface area contributed by atoms with Crippen LogP contribution in [-0.4, -0.2) is 38.3 Å². The second-order valence-corrected chi connectivity index (χ2v) is 6.05. The first-order valence-corrected chi connectivity index (χ1v) is 8.32.